The maximum absolute atomic E-state index is 13.1. The van der Waals surface area contributed by atoms with Gasteiger partial charge in [0, 0.05) is 13.1 Å². The number of primary amides is 1. The number of hydrogen-bond acceptors (Lipinski definition) is 8. The molecule has 1 saturated heterocycles. The van der Waals surface area contributed by atoms with Gasteiger partial charge in [0.05, 0.1) is 12.5 Å². The molecule has 1 fully saturated rings. The number of aliphatic carboxylic acids is 1. The zero-order chi connectivity index (χ0) is 27.3. The molecule has 13 N–H and O–H groups in total. The first-order valence-electron chi connectivity index (χ1n) is 11.9. The van der Waals surface area contributed by atoms with Crippen LogP contribution in [0.15, 0.2) is 4.99 Å². The molecule has 0 aromatic heterocycles. The lowest BCUT2D eigenvalue weighted by molar-refractivity contribution is -0.149. The Bertz CT molecular complexity index is 818. The molecule has 1 rings (SSSR count). The van der Waals surface area contributed by atoms with Crippen molar-refractivity contribution in [1.29, 1.82) is 0 Å². The van der Waals surface area contributed by atoms with Gasteiger partial charge in [-0.1, -0.05) is 0 Å². The van der Waals surface area contributed by atoms with Crippen LogP contribution in [0, 0.1) is 0 Å². The molecule has 4 unspecified atom stereocenters. The highest BCUT2D eigenvalue weighted by molar-refractivity contribution is 5.96. The molecule has 0 aliphatic carbocycles. The van der Waals surface area contributed by atoms with Crippen LogP contribution in [-0.4, -0.2) is 89.4 Å². The number of hydrogen-bond donors (Lipinski definition) is 8. The fraction of sp³-hybridized carbons (Fsp3) is 0.714. The predicted octanol–water partition coefficient (Wildman–Crippen LogP) is -3.58. The lowest BCUT2D eigenvalue weighted by Crippen LogP contribution is -2.57. The van der Waals surface area contributed by atoms with Gasteiger partial charge in [-0.2, -0.15) is 0 Å². The maximum Gasteiger partial charge on any atom is 0.326 e. The molecule has 204 valence electrons. The van der Waals surface area contributed by atoms with Gasteiger partial charge in [-0.25, -0.2) is 4.79 Å². The van der Waals surface area contributed by atoms with Crippen molar-refractivity contribution in [3.05, 3.63) is 0 Å². The van der Waals surface area contributed by atoms with Gasteiger partial charge in [-0.05, 0) is 51.5 Å². The van der Waals surface area contributed by atoms with E-state index in [0.29, 0.717) is 32.2 Å². The smallest absolute Gasteiger partial charge is 0.326 e. The molecule has 0 radical (unpaired) electrons. The lowest BCUT2D eigenvalue weighted by atomic mass is 10.0. The summed E-state index contributed by atoms with van der Waals surface area (Å²) in [5.41, 5.74) is 27.2. The van der Waals surface area contributed by atoms with Gasteiger partial charge in [-0.3, -0.25) is 24.2 Å². The van der Waals surface area contributed by atoms with Crippen molar-refractivity contribution in [1.82, 2.24) is 15.5 Å². The van der Waals surface area contributed by atoms with Gasteiger partial charge in [0.1, 0.15) is 18.1 Å². The third kappa shape index (κ3) is 10.4. The fourth-order valence-electron chi connectivity index (χ4n) is 3.85. The first-order valence-corrected chi connectivity index (χ1v) is 11.9. The number of nitrogens with two attached hydrogens (primary N) is 5. The Morgan fingerprint density at radius 1 is 0.972 bits per heavy atom. The highest BCUT2D eigenvalue weighted by atomic mass is 16.4. The standard InChI is InChI=1S/C21H39N9O6/c22-8-2-1-6-13(28-17(32)12(23)5-3-9-27-21(25)26)18(33)29-14(11-16(24)31)19(34)30-10-4-7-15(30)20(35)36/h12-15H,1-11,22-23H2,(H2,24,31)(H,28,32)(H,29,33)(H,35,36)(H4,25,26,27). The van der Waals surface area contributed by atoms with Crippen molar-refractivity contribution in [2.75, 3.05) is 19.6 Å². The zero-order valence-electron chi connectivity index (χ0n) is 20.4. The summed E-state index contributed by atoms with van der Waals surface area (Å²) in [6, 6.07) is -4.43. The topological polar surface area (TPSA) is 275 Å². The quantitative estimate of drug-likeness (QED) is 0.0570. The molecule has 1 aliphatic heterocycles. The van der Waals surface area contributed by atoms with Crippen LogP contribution in [0.3, 0.4) is 0 Å². The van der Waals surface area contributed by atoms with E-state index in [1.165, 1.54) is 0 Å². The molecule has 0 bridgehead atoms. The number of unbranched alkanes of at least 4 members (excludes halogenated alkanes) is 1. The minimum atomic E-state index is -1.38. The SMILES string of the molecule is NCCCCC(NC(=O)C(N)CCCN=C(N)N)C(=O)NC(CC(N)=O)C(=O)N1CCCC1C(=O)O. The van der Waals surface area contributed by atoms with Crippen molar-refractivity contribution >= 4 is 35.6 Å². The Labute approximate surface area is 209 Å². The monoisotopic (exact) mass is 513 g/mol. The molecule has 1 aliphatic rings. The van der Waals surface area contributed by atoms with Gasteiger partial charge < -0.3 is 49.3 Å². The molecular weight excluding hydrogens is 474 g/mol. The lowest BCUT2D eigenvalue weighted by Gasteiger charge is -2.28. The van der Waals surface area contributed by atoms with E-state index >= 15 is 0 Å². The second kappa shape index (κ2) is 15.5. The van der Waals surface area contributed by atoms with E-state index in [1.54, 1.807) is 0 Å². The number of carbonyl (C=O) groups excluding carboxylic acids is 4. The average molecular weight is 514 g/mol. The number of likely N-dealkylation sites (tertiary alicyclic amines) is 1. The summed E-state index contributed by atoms with van der Waals surface area (Å²) < 4.78 is 0. The summed E-state index contributed by atoms with van der Waals surface area (Å²) in [7, 11) is 0. The van der Waals surface area contributed by atoms with Crippen LogP contribution >= 0.6 is 0 Å². The number of rotatable bonds is 16. The van der Waals surface area contributed by atoms with Crippen molar-refractivity contribution < 1.29 is 29.1 Å². The second-order valence-corrected chi connectivity index (χ2v) is 8.66. The summed E-state index contributed by atoms with van der Waals surface area (Å²) in [6.45, 7) is 0.835. The molecule has 4 atom stereocenters. The summed E-state index contributed by atoms with van der Waals surface area (Å²) >= 11 is 0. The molecule has 0 aromatic rings. The second-order valence-electron chi connectivity index (χ2n) is 8.66. The normalized spacial score (nSPS) is 17.5. The van der Waals surface area contributed by atoms with Gasteiger partial charge in [-0.15, -0.1) is 0 Å². The first kappa shape index (κ1) is 30.6. The summed E-state index contributed by atoms with van der Waals surface area (Å²) in [5.74, 6) is -4.14. The molecule has 15 nitrogen and oxygen atoms in total. The van der Waals surface area contributed by atoms with E-state index < -0.39 is 60.2 Å². The Morgan fingerprint density at radius 2 is 1.64 bits per heavy atom. The van der Waals surface area contributed by atoms with Crippen molar-refractivity contribution in [3.8, 4) is 0 Å². The molecule has 0 saturated carbocycles. The van der Waals surface area contributed by atoms with Crippen molar-refractivity contribution in [2.45, 2.75) is 75.5 Å². The number of guanidine groups is 1. The van der Waals surface area contributed by atoms with E-state index in [9.17, 15) is 29.1 Å². The molecule has 15 heteroatoms. The van der Waals surface area contributed by atoms with Crippen LogP contribution in [-0.2, 0) is 24.0 Å². The van der Waals surface area contributed by atoms with E-state index in [4.69, 9.17) is 28.7 Å². The van der Waals surface area contributed by atoms with E-state index in [1.807, 2.05) is 0 Å². The molecule has 36 heavy (non-hydrogen) atoms. The van der Waals surface area contributed by atoms with Crippen LogP contribution in [0.1, 0.15) is 51.4 Å². The third-order valence-electron chi connectivity index (χ3n) is 5.73. The first-order chi connectivity index (χ1) is 17.0. The highest BCUT2D eigenvalue weighted by Gasteiger charge is 2.38. The van der Waals surface area contributed by atoms with E-state index in [2.05, 4.69) is 15.6 Å². The predicted molar refractivity (Wildman–Crippen MR) is 131 cm³/mol. The van der Waals surface area contributed by atoms with Crippen LogP contribution in [0.2, 0.25) is 0 Å². The van der Waals surface area contributed by atoms with E-state index in [-0.39, 0.29) is 38.3 Å². The van der Waals surface area contributed by atoms with Crippen molar-refractivity contribution in [3.63, 3.8) is 0 Å². The Kier molecular flexibility index (Phi) is 13.2. The van der Waals surface area contributed by atoms with Crippen LogP contribution in [0.5, 0.6) is 0 Å². The number of carboxylic acids is 1. The molecule has 0 spiro atoms. The highest BCUT2D eigenvalue weighted by Crippen LogP contribution is 2.19. The van der Waals surface area contributed by atoms with Gasteiger partial charge in [0.2, 0.25) is 23.6 Å². The number of nitrogens with zero attached hydrogens (tertiary/aromatic N) is 2. The molecule has 4 amide bonds. The summed E-state index contributed by atoms with van der Waals surface area (Å²) in [4.78, 5) is 66.7. The Morgan fingerprint density at radius 3 is 2.22 bits per heavy atom. The van der Waals surface area contributed by atoms with Crippen molar-refractivity contribution in [2.24, 2.45) is 33.7 Å². The summed E-state index contributed by atoms with van der Waals surface area (Å²) in [6.07, 6.45) is 2.18. The van der Waals surface area contributed by atoms with Gasteiger partial charge in [0.15, 0.2) is 5.96 Å². The van der Waals surface area contributed by atoms with E-state index in [0.717, 1.165) is 4.90 Å². The third-order valence-corrected chi connectivity index (χ3v) is 5.73. The van der Waals surface area contributed by atoms with Crippen LogP contribution in [0.25, 0.3) is 0 Å². The summed E-state index contributed by atoms with van der Waals surface area (Å²) in [5, 5.41) is 14.4. The number of aliphatic imine (C=N–C) groups is 1. The van der Waals surface area contributed by atoms with Gasteiger partial charge in [0.25, 0.3) is 0 Å². The zero-order valence-corrected chi connectivity index (χ0v) is 20.4. The number of amides is 4. The minimum absolute atomic E-state index is 0.0756. The number of carboxylic acid groups (broad SMARTS) is 1. The van der Waals surface area contributed by atoms with Crippen LogP contribution < -0.4 is 39.3 Å². The number of nitrogens with one attached hydrogen (secondary N) is 2. The average Bonchev–Trinajstić information content (AvgIpc) is 3.30. The Balaban J connectivity index is 2.92. The minimum Gasteiger partial charge on any atom is -0.480 e. The fourth-order valence-corrected chi connectivity index (χ4v) is 3.85. The van der Waals surface area contributed by atoms with Gasteiger partial charge >= 0.3 is 5.97 Å². The maximum atomic E-state index is 13.1. The molecular formula is C21H39N9O6. The Hall–Kier alpha value is -3.46. The molecule has 0 aromatic carbocycles. The largest absolute Gasteiger partial charge is 0.480 e. The molecule has 1 heterocycles. The van der Waals surface area contributed by atoms with Crippen LogP contribution in [0.4, 0.5) is 0 Å². The number of carbonyl (C=O) groups is 5.